The van der Waals surface area contributed by atoms with E-state index in [9.17, 15) is 4.79 Å². The fourth-order valence-corrected chi connectivity index (χ4v) is 2.69. The molecule has 1 fully saturated rings. The quantitative estimate of drug-likeness (QED) is 0.888. The number of aryl methyl sites for hydroxylation is 1. The van der Waals surface area contributed by atoms with Crippen LogP contribution in [0, 0.1) is 12.8 Å². The van der Waals surface area contributed by atoms with Crippen molar-refractivity contribution in [3.8, 4) is 0 Å². The Kier molecular flexibility index (Phi) is 5.76. The van der Waals surface area contributed by atoms with Gasteiger partial charge >= 0.3 is 0 Å². The number of hydrogen-bond donors (Lipinski definition) is 1. The first-order chi connectivity index (χ1) is 10.1. The minimum Gasteiger partial charge on any atom is -0.340 e. The van der Waals surface area contributed by atoms with Gasteiger partial charge in [-0.1, -0.05) is 36.8 Å². The SMILES string of the molecule is Cc1ccc(CC(=O)N2CCN(CC(C)CN)CC2)cc1. The first-order valence-electron chi connectivity index (χ1n) is 7.84. The van der Waals surface area contributed by atoms with Gasteiger partial charge in [0, 0.05) is 32.7 Å². The molecule has 4 heteroatoms. The number of piperazine rings is 1. The van der Waals surface area contributed by atoms with E-state index in [4.69, 9.17) is 5.73 Å². The monoisotopic (exact) mass is 289 g/mol. The summed E-state index contributed by atoms with van der Waals surface area (Å²) in [4.78, 5) is 16.7. The van der Waals surface area contributed by atoms with Crippen LogP contribution in [0.4, 0.5) is 0 Å². The third kappa shape index (κ3) is 4.83. The second-order valence-corrected chi connectivity index (χ2v) is 6.18. The maximum absolute atomic E-state index is 12.3. The molecule has 21 heavy (non-hydrogen) atoms. The second kappa shape index (κ2) is 7.57. The highest BCUT2D eigenvalue weighted by atomic mass is 16.2. The Morgan fingerprint density at radius 2 is 1.81 bits per heavy atom. The highest BCUT2D eigenvalue weighted by molar-refractivity contribution is 5.78. The summed E-state index contributed by atoms with van der Waals surface area (Å²) in [5.41, 5.74) is 8.00. The molecular weight excluding hydrogens is 262 g/mol. The third-order valence-electron chi connectivity index (χ3n) is 4.17. The molecule has 4 nitrogen and oxygen atoms in total. The van der Waals surface area contributed by atoms with E-state index in [-0.39, 0.29) is 5.91 Å². The Balaban J connectivity index is 1.79. The van der Waals surface area contributed by atoms with Crippen LogP contribution in [0.5, 0.6) is 0 Å². The summed E-state index contributed by atoms with van der Waals surface area (Å²) in [5.74, 6) is 0.769. The van der Waals surface area contributed by atoms with Gasteiger partial charge in [0.25, 0.3) is 0 Å². The van der Waals surface area contributed by atoms with Gasteiger partial charge in [-0.2, -0.15) is 0 Å². The molecule has 0 bridgehead atoms. The lowest BCUT2D eigenvalue weighted by atomic mass is 10.1. The standard InChI is InChI=1S/C17H27N3O/c1-14-3-5-16(6-4-14)11-17(21)20-9-7-19(8-10-20)13-15(2)12-18/h3-6,15H,7-13,18H2,1-2H3. The van der Waals surface area contributed by atoms with Crippen molar-refractivity contribution in [1.82, 2.24) is 9.80 Å². The normalized spacial score (nSPS) is 17.8. The van der Waals surface area contributed by atoms with E-state index in [1.165, 1.54) is 5.56 Å². The highest BCUT2D eigenvalue weighted by Gasteiger charge is 2.21. The van der Waals surface area contributed by atoms with Crippen LogP contribution in [0.25, 0.3) is 0 Å². The molecule has 2 rings (SSSR count). The second-order valence-electron chi connectivity index (χ2n) is 6.18. The van der Waals surface area contributed by atoms with Crippen molar-refractivity contribution in [3.63, 3.8) is 0 Å². The molecule has 1 saturated heterocycles. The van der Waals surface area contributed by atoms with Gasteiger partial charge in [0.2, 0.25) is 5.91 Å². The number of amides is 1. The fraction of sp³-hybridized carbons (Fsp3) is 0.588. The van der Waals surface area contributed by atoms with Gasteiger partial charge in [-0.3, -0.25) is 9.69 Å². The lowest BCUT2D eigenvalue weighted by Gasteiger charge is -2.35. The van der Waals surface area contributed by atoms with Crippen LogP contribution in [0.2, 0.25) is 0 Å². The molecule has 0 aromatic heterocycles. The van der Waals surface area contributed by atoms with Crippen LogP contribution >= 0.6 is 0 Å². The summed E-state index contributed by atoms with van der Waals surface area (Å²) in [6.07, 6.45) is 0.513. The predicted molar refractivity (Wildman–Crippen MR) is 86.1 cm³/mol. The predicted octanol–water partition coefficient (Wildman–Crippen LogP) is 1.28. The molecule has 1 aromatic carbocycles. The number of carbonyl (C=O) groups is 1. The minimum absolute atomic E-state index is 0.241. The summed E-state index contributed by atoms with van der Waals surface area (Å²) >= 11 is 0. The van der Waals surface area contributed by atoms with Gasteiger partial charge in [-0.25, -0.2) is 0 Å². The summed E-state index contributed by atoms with van der Waals surface area (Å²) in [6.45, 7) is 9.60. The van der Waals surface area contributed by atoms with Gasteiger partial charge in [-0.05, 0) is 24.9 Å². The van der Waals surface area contributed by atoms with E-state index in [1.54, 1.807) is 0 Å². The molecule has 1 heterocycles. The molecule has 1 aliphatic heterocycles. The molecule has 1 amide bonds. The summed E-state index contributed by atoms with van der Waals surface area (Å²) < 4.78 is 0. The van der Waals surface area contributed by atoms with E-state index >= 15 is 0 Å². The van der Waals surface area contributed by atoms with Crippen molar-refractivity contribution in [3.05, 3.63) is 35.4 Å². The maximum Gasteiger partial charge on any atom is 0.227 e. The Morgan fingerprint density at radius 1 is 1.19 bits per heavy atom. The van der Waals surface area contributed by atoms with E-state index in [2.05, 4.69) is 30.9 Å². The Bertz CT molecular complexity index is 450. The van der Waals surface area contributed by atoms with Crippen molar-refractivity contribution in [2.24, 2.45) is 11.7 Å². The highest BCUT2D eigenvalue weighted by Crippen LogP contribution is 2.09. The molecule has 2 N–H and O–H groups in total. The molecule has 0 radical (unpaired) electrons. The number of rotatable bonds is 5. The first-order valence-corrected chi connectivity index (χ1v) is 7.84. The number of benzene rings is 1. The van der Waals surface area contributed by atoms with Gasteiger partial charge in [-0.15, -0.1) is 0 Å². The van der Waals surface area contributed by atoms with Crippen molar-refractivity contribution in [2.75, 3.05) is 39.3 Å². The Labute approximate surface area is 127 Å². The van der Waals surface area contributed by atoms with E-state index in [0.29, 0.717) is 12.3 Å². The van der Waals surface area contributed by atoms with E-state index in [1.807, 2.05) is 17.0 Å². The number of hydrogen-bond acceptors (Lipinski definition) is 3. The third-order valence-corrected chi connectivity index (χ3v) is 4.17. The fourth-order valence-electron chi connectivity index (χ4n) is 2.69. The summed E-state index contributed by atoms with van der Waals surface area (Å²) in [7, 11) is 0. The molecule has 0 spiro atoms. The molecule has 1 unspecified atom stereocenters. The maximum atomic E-state index is 12.3. The lowest BCUT2D eigenvalue weighted by molar-refractivity contribution is -0.132. The van der Waals surface area contributed by atoms with Crippen LogP contribution in [0.15, 0.2) is 24.3 Å². The minimum atomic E-state index is 0.241. The van der Waals surface area contributed by atoms with Crippen LogP contribution in [0.1, 0.15) is 18.1 Å². The van der Waals surface area contributed by atoms with Crippen LogP contribution in [-0.2, 0) is 11.2 Å². The average Bonchev–Trinajstić information content (AvgIpc) is 2.50. The number of nitrogens with zero attached hydrogens (tertiary/aromatic N) is 2. The smallest absolute Gasteiger partial charge is 0.227 e. The zero-order chi connectivity index (χ0) is 15.2. The van der Waals surface area contributed by atoms with Gasteiger partial charge < -0.3 is 10.6 Å². The van der Waals surface area contributed by atoms with Crippen molar-refractivity contribution in [1.29, 1.82) is 0 Å². The van der Waals surface area contributed by atoms with Gasteiger partial charge in [0.05, 0.1) is 6.42 Å². The summed E-state index contributed by atoms with van der Waals surface area (Å²) in [5, 5.41) is 0. The first kappa shape index (κ1) is 16.0. The molecule has 0 aliphatic carbocycles. The zero-order valence-electron chi connectivity index (χ0n) is 13.2. The Morgan fingerprint density at radius 3 is 2.38 bits per heavy atom. The van der Waals surface area contributed by atoms with Crippen molar-refractivity contribution < 1.29 is 4.79 Å². The summed E-state index contributed by atoms with van der Waals surface area (Å²) in [6, 6.07) is 8.22. The molecule has 116 valence electrons. The number of nitrogens with two attached hydrogens (primary N) is 1. The molecule has 1 aromatic rings. The lowest BCUT2D eigenvalue weighted by Crippen LogP contribution is -2.50. The van der Waals surface area contributed by atoms with Crippen LogP contribution < -0.4 is 5.73 Å². The van der Waals surface area contributed by atoms with Gasteiger partial charge in [0.1, 0.15) is 0 Å². The van der Waals surface area contributed by atoms with Crippen LogP contribution in [-0.4, -0.2) is 55.0 Å². The molecule has 1 atom stereocenters. The largest absolute Gasteiger partial charge is 0.340 e. The Hall–Kier alpha value is -1.39. The average molecular weight is 289 g/mol. The molecular formula is C17H27N3O. The van der Waals surface area contributed by atoms with E-state index in [0.717, 1.165) is 44.8 Å². The number of carbonyl (C=O) groups excluding carboxylic acids is 1. The topological polar surface area (TPSA) is 49.6 Å². The van der Waals surface area contributed by atoms with Crippen molar-refractivity contribution >= 4 is 5.91 Å². The zero-order valence-corrected chi connectivity index (χ0v) is 13.2. The van der Waals surface area contributed by atoms with Gasteiger partial charge in [0.15, 0.2) is 0 Å². The van der Waals surface area contributed by atoms with Crippen molar-refractivity contribution in [2.45, 2.75) is 20.3 Å². The molecule has 0 saturated carbocycles. The molecule has 1 aliphatic rings. The van der Waals surface area contributed by atoms with Crippen LogP contribution in [0.3, 0.4) is 0 Å². The van der Waals surface area contributed by atoms with E-state index < -0.39 is 0 Å².